The molecule has 0 aliphatic carbocycles. The minimum absolute atomic E-state index is 0.210. The molecule has 0 saturated heterocycles. The van der Waals surface area contributed by atoms with Gasteiger partial charge in [-0.05, 0) is 98.8 Å². The van der Waals surface area contributed by atoms with Crippen LogP contribution >= 0.6 is 0 Å². The molecule has 9 heteroatoms. The van der Waals surface area contributed by atoms with Gasteiger partial charge < -0.3 is 14.0 Å². The quantitative estimate of drug-likeness (QED) is 0.117. The summed E-state index contributed by atoms with van der Waals surface area (Å²) in [6.07, 6.45) is 3.48. The van der Waals surface area contributed by atoms with Crippen LogP contribution in [-0.4, -0.2) is 43.2 Å². The van der Waals surface area contributed by atoms with Gasteiger partial charge in [-0.25, -0.2) is 18.2 Å². The Morgan fingerprint density at radius 3 is 2.25 bits per heavy atom. The maximum atomic E-state index is 13.9. The molecule has 5 rings (SSSR count). The van der Waals surface area contributed by atoms with Gasteiger partial charge in [-0.2, -0.15) is 0 Å². The van der Waals surface area contributed by atoms with Crippen LogP contribution in [0.3, 0.4) is 0 Å². The summed E-state index contributed by atoms with van der Waals surface area (Å²) < 4.78 is 42.4. The van der Waals surface area contributed by atoms with Crippen molar-refractivity contribution >= 4 is 32.7 Å². The van der Waals surface area contributed by atoms with Gasteiger partial charge in [-0.1, -0.05) is 62.7 Å². The highest BCUT2D eigenvalue weighted by Gasteiger charge is 2.26. The number of ether oxygens (including phenoxy) is 2. The maximum Gasteiger partial charge on any atom is 0.339 e. The van der Waals surface area contributed by atoms with Crippen LogP contribution in [0.4, 0.5) is 5.69 Å². The average molecular weight is 668 g/mol. The predicted octanol–water partition coefficient (Wildman–Crippen LogP) is 8.66. The van der Waals surface area contributed by atoms with Crippen molar-refractivity contribution in [3.63, 3.8) is 0 Å². The van der Waals surface area contributed by atoms with Gasteiger partial charge >= 0.3 is 5.97 Å². The number of aromatic nitrogens is 2. The summed E-state index contributed by atoms with van der Waals surface area (Å²) in [5.74, 6) is 1.21. The molecule has 0 bridgehead atoms. The third kappa shape index (κ3) is 7.73. The smallest absolute Gasteiger partial charge is 0.339 e. The Labute approximate surface area is 284 Å². The standard InChI is InChI=1S/C39H45N3O5S/c1-7-9-14-37-40-35-24-19-30(42(25-8-2)48(44,45)32-22-20-31(46-6)21-23-32)26-36(35)41(37)27-28-15-17-29(18-16-28)33-12-10-11-13-34(33)38(43)47-39(3,4)5/h10-13,15-24,26H,7-9,14,25,27H2,1-6H3. The number of aryl methyl sites for hydroxylation is 1. The summed E-state index contributed by atoms with van der Waals surface area (Å²) in [4.78, 5) is 18.2. The molecule has 252 valence electrons. The highest BCUT2D eigenvalue weighted by Crippen LogP contribution is 2.31. The Morgan fingerprint density at radius 2 is 1.60 bits per heavy atom. The lowest BCUT2D eigenvalue weighted by molar-refractivity contribution is 0.00704. The molecular weight excluding hydrogens is 623 g/mol. The van der Waals surface area contributed by atoms with Crippen molar-refractivity contribution in [1.82, 2.24) is 9.55 Å². The maximum absolute atomic E-state index is 13.9. The summed E-state index contributed by atoms with van der Waals surface area (Å²) in [6, 6.07) is 27.9. The minimum Gasteiger partial charge on any atom is -0.497 e. The first-order valence-corrected chi connectivity index (χ1v) is 18.0. The topological polar surface area (TPSA) is 90.7 Å². The minimum atomic E-state index is -3.82. The number of hydrogen-bond donors (Lipinski definition) is 0. The molecule has 8 nitrogen and oxygen atoms in total. The van der Waals surface area contributed by atoms with Crippen LogP contribution in [0.15, 0.2) is 95.9 Å². The Kier molecular flexibility index (Phi) is 10.6. The molecule has 0 N–H and O–H groups in total. The van der Waals surface area contributed by atoms with Gasteiger partial charge in [0.2, 0.25) is 0 Å². The molecule has 0 atom stereocenters. The first-order valence-electron chi connectivity index (χ1n) is 16.5. The first-order chi connectivity index (χ1) is 22.9. The van der Waals surface area contributed by atoms with Crippen molar-refractivity contribution in [2.24, 2.45) is 0 Å². The van der Waals surface area contributed by atoms with E-state index >= 15 is 0 Å². The lowest BCUT2D eigenvalue weighted by atomic mass is 9.98. The lowest BCUT2D eigenvalue weighted by Gasteiger charge is -2.24. The zero-order valence-electron chi connectivity index (χ0n) is 28.7. The summed E-state index contributed by atoms with van der Waals surface area (Å²) in [5.41, 5.74) is 5.03. The molecule has 48 heavy (non-hydrogen) atoms. The second kappa shape index (κ2) is 14.6. The van der Waals surface area contributed by atoms with E-state index in [1.165, 1.54) is 4.31 Å². The normalized spacial score (nSPS) is 11.9. The molecule has 0 amide bonds. The molecule has 5 aromatic rings. The van der Waals surface area contributed by atoms with Crippen molar-refractivity contribution in [2.45, 2.75) is 77.3 Å². The monoisotopic (exact) mass is 667 g/mol. The van der Waals surface area contributed by atoms with E-state index in [0.29, 0.717) is 36.5 Å². The Bertz CT molecular complexity index is 1980. The van der Waals surface area contributed by atoms with Gasteiger partial charge in [0.1, 0.15) is 17.2 Å². The fraction of sp³-hybridized carbons (Fsp3) is 0.333. The number of benzene rings is 4. The van der Waals surface area contributed by atoms with Gasteiger partial charge in [0.25, 0.3) is 10.0 Å². The van der Waals surface area contributed by atoms with Crippen LogP contribution in [0.1, 0.15) is 75.6 Å². The number of nitrogens with zero attached hydrogens (tertiary/aromatic N) is 3. The number of carbonyl (C=O) groups is 1. The van der Waals surface area contributed by atoms with Gasteiger partial charge in [0.05, 0.1) is 34.3 Å². The summed E-state index contributed by atoms with van der Waals surface area (Å²) in [6.45, 7) is 10.6. The number of sulfonamides is 1. The molecule has 0 fully saturated rings. The molecule has 0 radical (unpaired) electrons. The number of hydrogen-bond acceptors (Lipinski definition) is 6. The average Bonchev–Trinajstić information content (AvgIpc) is 3.41. The highest BCUT2D eigenvalue weighted by molar-refractivity contribution is 7.92. The predicted molar refractivity (Wildman–Crippen MR) is 192 cm³/mol. The Morgan fingerprint density at radius 1 is 0.896 bits per heavy atom. The van der Waals surface area contributed by atoms with E-state index in [-0.39, 0.29) is 10.9 Å². The van der Waals surface area contributed by atoms with E-state index in [1.54, 1.807) is 37.4 Å². The number of fused-ring (bicyclic) bond motifs is 1. The van der Waals surface area contributed by atoms with Crippen LogP contribution in [0.25, 0.3) is 22.2 Å². The van der Waals surface area contributed by atoms with E-state index in [2.05, 4.69) is 23.6 Å². The first kappa shape index (κ1) is 34.7. The SMILES string of the molecule is CCCCc1nc2ccc(N(CCC)S(=O)(=O)c3ccc(OC)cc3)cc2n1Cc1ccc(-c2ccccc2C(=O)OC(C)(C)C)cc1. The number of methoxy groups -OCH3 is 1. The molecule has 1 aromatic heterocycles. The van der Waals surface area contributed by atoms with Crippen molar-refractivity contribution in [3.8, 4) is 16.9 Å². The Balaban J connectivity index is 1.50. The van der Waals surface area contributed by atoms with E-state index < -0.39 is 15.6 Å². The van der Waals surface area contributed by atoms with E-state index in [4.69, 9.17) is 14.5 Å². The number of rotatable bonds is 13. The molecule has 0 saturated carbocycles. The second-order valence-electron chi connectivity index (χ2n) is 12.9. The van der Waals surface area contributed by atoms with Gasteiger partial charge in [-0.3, -0.25) is 4.31 Å². The van der Waals surface area contributed by atoms with Gasteiger partial charge in [0, 0.05) is 19.5 Å². The molecule has 0 aliphatic heterocycles. The van der Waals surface area contributed by atoms with Crippen molar-refractivity contribution in [1.29, 1.82) is 0 Å². The number of carbonyl (C=O) groups excluding carboxylic acids is 1. The molecule has 0 spiro atoms. The fourth-order valence-electron chi connectivity index (χ4n) is 5.70. The zero-order valence-corrected chi connectivity index (χ0v) is 29.5. The molecule has 1 heterocycles. The number of anilines is 1. The van der Waals surface area contributed by atoms with Crippen LogP contribution in [-0.2, 0) is 27.7 Å². The fourth-order valence-corrected chi connectivity index (χ4v) is 7.25. The number of imidazole rings is 1. The van der Waals surface area contributed by atoms with Crippen molar-refractivity contribution in [3.05, 3.63) is 108 Å². The second-order valence-corrected chi connectivity index (χ2v) is 14.8. The van der Waals surface area contributed by atoms with Crippen LogP contribution in [0.2, 0.25) is 0 Å². The van der Waals surface area contributed by atoms with Crippen LogP contribution in [0.5, 0.6) is 5.75 Å². The van der Waals surface area contributed by atoms with Crippen molar-refractivity contribution in [2.75, 3.05) is 18.0 Å². The van der Waals surface area contributed by atoms with E-state index in [9.17, 15) is 13.2 Å². The molecular formula is C39H45N3O5S. The highest BCUT2D eigenvalue weighted by atomic mass is 32.2. The molecule has 4 aromatic carbocycles. The van der Waals surface area contributed by atoms with Crippen LogP contribution < -0.4 is 9.04 Å². The van der Waals surface area contributed by atoms with E-state index in [0.717, 1.165) is 52.8 Å². The Hall–Kier alpha value is -4.63. The zero-order chi connectivity index (χ0) is 34.5. The summed E-state index contributed by atoms with van der Waals surface area (Å²) in [7, 11) is -2.27. The molecule has 0 unspecified atom stereocenters. The largest absolute Gasteiger partial charge is 0.497 e. The van der Waals surface area contributed by atoms with E-state index in [1.807, 2.05) is 76.2 Å². The lowest BCUT2D eigenvalue weighted by Crippen LogP contribution is -2.31. The number of unbranched alkanes of at least 4 members (excludes halogenated alkanes) is 1. The van der Waals surface area contributed by atoms with Crippen LogP contribution in [0, 0.1) is 0 Å². The van der Waals surface area contributed by atoms with Gasteiger partial charge in [0.15, 0.2) is 0 Å². The molecule has 0 aliphatic rings. The number of esters is 1. The van der Waals surface area contributed by atoms with Gasteiger partial charge in [-0.15, -0.1) is 0 Å². The van der Waals surface area contributed by atoms with Crippen molar-refractivity contribution < 1.29 is 22.7 Å². The summed E-state index contributed by atoms with van der Waals surface area (Å²) >= 11 is 0. The third-order valence-corrected chi connectivity index (χ3v) is 9.92. The third-order valence-electron chi connectivity index (χ3n) is 8.08. The summed E-state index contributed by atoms with van der Waals surface area (Å²) in [5, 5.41) is 0.